The summed E-state index contributed by atoms with van der Waals surface area (Å²) in [5.41, 5.74) is 1.52. The van der Waals surface area contributed by atoms with Crippen LogP contribution in [0.2, 0.25) is 0 Å². The Morgan fingerprint density at radius 2 is 2.09 bits per heavy atom. The number of anilines is 1. The first kappa shape index (κ1) is 15.9. The van der Waals surface area contributed by atoms with Crippen molar-refractivity contribution in [1.29, 1.82) is 0 Å². The van der Waals surface area contributed by atoms with Crippen molar-refractivity contribution in [3.63, 3.8) is 0 Å². The topological polar surface area (TPSA) is 93.2 Å². The first-order valence-electron chi connectivity index (χ1n) is 6.52. The summed E-state index contributed by atoms with van der Waals surface area (Å²) in [6.07, 6.45) is 1.59. The van der Waals surface area contributed by atoms with E-state index in [-0.39, 0.29) is 6.54 Å². The highest BCUT2D eigenvalue weighted by molar-refractivity contribution is 7.15. The zero-order valence-corrected chi connectivity index (χ0v) is 13.3. The van der Waals surface area contributed by atoms with Gasteiger partial charge in [0, 0.05) is 23.2 Å². The standard InChI is InChI=1S/C14H16N4O3S/c1-8-9(2)22-14(17-8)18-12(20)11(19)16-7-10-5-4-6-15-13(10)21-3/h4-6H,7H2,1-3H3,(H,16,19)(H,17,18,20). The molecule has 0 aliphatic rings. The predicted octanol–water partition coefficient (Wildman–Crippen LogP) is 1.42. The number of hydrogen-bond acceptors (Lipinski definition) is 6. The maximum absolute atomic E-state index is 11.8. The van der Waals surface area contributed by atoms with Crippen LogP contribution in [0.3, 0.4) is 0 Å². The van der Waals surface area contributed by atoms with Gasteiger partial charge >= 0.3 is 11.8 Å². The Labute approximate surface area is 131 Å². The molecule has 2 heterocycles. The number of carbonyl (C=O) groups is 2. The Kier molecular flexibility index (Phi) is 5.05. The maximum Gasteiger partial charge on any atom is 0.315 e. The molecule has 0 fully saturated rings. The summed E-state index contributed by atoms with van der Waals surface area (Å²) < 4.78 is 5.08. The van der Waals surface area contributed by atoms with E-state index in [2.05, 4.69) is 20.6 Å². The van der Waals surface area contributed by atoms with Crippen LogP contribution in [0.15, 0.2) is 18.3 Å². The highest BCUT2D eigenvalue weighted by Crippen LogP contribution is 2.20. The number of hydrogen-bond donors (Lipinski definition) is 2. The van der Waals surface area contributed by atoms with Crippen molar-refractivity contribution in [2.24, 2.45) is 0 Å². The Balaban J connectivity index is 1.93. The SMILES string of the molecule is COc1ncccc1CNC(=O)C(=O)Nc1nc(C)c(C)s1. The van der Waals surface area contributed by atoms with Gasteiger partial charge in [-0.15, -0.1) is 11.3 Å². The predicted molar refractivity (Wildman–Crippen MR) is 82.9 cm³/mol. The number of methoxy groups -OCH3 is 1. The molecule has 0 atom stereocenters. The van der Waals surface area contributed by atoms with E-state index >= 15 is 0 Å². The second-order valence-corrected chi connectivity index (χ2v) is 5.67. The number of nitrogens with one attached hydrogen (secondary N) is 2. The van der Waals surface area contributed by atoms with Crippen LogP contribution in [0.1, 0.15) is 16.1 Å². The number of ether oxygens (including phenoxy) is 1. The van der Waals surface area contributed by atoms with Crippen molar-refractivity contribution in [2.75, 3.05) is 12.4 Å². The van der Waals surface area contributed by atoms with E-state index in [4.69, 9.17) is 4.74 Å². The van der Waals surface area contributed by atoms with Gasteiger partial charge in [0.1, 0.15) is 0 Å². The van der Waals surface area contributed by atoms with E-state index in [1.165, 1.54) is 18.4 Å². The van der Waals surface area contributed by atoms with Gasteiger partial charge in [0.2, 0.25) is 5.88 Å². The minimum absolute atomic E-state index is 0.152. The van der Waals surface area contributed by atoms with Gasteiger partial charge < -0.3 is 10.1 Å². The van der Waals surface area contributed by atoms with E-state index in [0.29, 0.717) is 16.6 Å². The smallest absolute Gasteiger partial charge is 0.315 e. The second-order valence-electron chi connectivity index (χ2n) is 4.47. The fourth-order valence-electron chi connectivity index (χ4n) is 1.68. The van der Waals surface area contributed by atoms with E-state index in [9.17, 15) is 9.59 Å². The third-order valence-corrected chi connectivity index (χ3v) is 3.93. The number of rotatable bonds is 4. The molecule has 0 radical (unpaired) electrons. The molecule has 0 spiro atoms. The molecule has 0 aliphatic carbocycles. The van der Waals surface area contributed by atoms with E-state index < -0.39 is 11.8 Å². The van der Waals surface area contributed by atoms with E-state index in [0.717, 1.165) is 10.6 Å². The number of thiazole rings is 1. The van der Waals surface area contributed by atoms with Gasteiger partial charge in [-0.25, -0.2) is 9.97 Å². The van der Waals surface area contributed by atoms with Gasteiger partial charge in [0.25, 0.3) is 0 Å². The van der Waals surface area contributed by atoms with Crippen molar-refractivity contribution >= 4 is 28.3 Å². The van der Waals surface area contributed by atoms with Gasteiger partial charge in [-0.3, -0.25) is 14.9 Å². The van der Waals surface area contributed by atoms with Crippen molar-refractivity contribution in [2.45, 2.75) is 20.4 Å². The largest absolute Gasteiger partial charge is 0.481 e. The number of aromatic nitrogens is 2. The van der Waals surface area contributed by atoms with Gasteiger partial charge in [-0.2, -0.15) is 0 Å². The zero-order chi connectivity index (χ0) is 16.1. The van der Waals surface area contributed by atoms with Crippen LogP contribution in [0, 0.1) is 13.8 Å². The Morgan fingerprint density at radius 1 is 1.32 bits per heavy atom. The monoisotopic (exact) mass is 320 g/mol. The lowest BCUT2D eigenvalue weighted by Gasteiger charge is -2.08. The maximum atomic E-state index is 11.8. The zero-order valence-electron chi connectivity index (χ0n) is 12.5. The number of amides is 2. The van der Waals surface area contributed by atoms with Crippen molar-refractivity contribution < 1.29 is 14.3 Å². The molecule has 2 rings (SSSR count). The Morgan fingerprint density at radius 3 is 2.73 bits per heavy atom. The summed E-state index contributed by atoms with van der Waals surface area (Å²) in [6, 6.07) is 3.49. The Bertz CT molecular complexity index is 680. The third kappa shape index (κ3) is 3.79. The average molecular weight is 320 g/mol. The van der Waals surface area contributed by atoms with Crippen molar-refractivity contribution in [3.8, 4) is 5.88 Å². The number of pyridine rings is 1. The highest BCUT2D eigenvalue weighted by Gasteiger charge is 2.16. The van der Waals surface area contributed by atoms with Gasteiger partial charge in [-0.1, -0.05) is 6.07 Å². The summed E-state index contributed by atoms with van der Waals surface area (Å²) >= 11 is 1.33. The van der Waals surface area contributed by atoms with Crippen LogP contribution < -0.4 is 15.4 Å². The molecule has 0 bridgehead atoms. The van der Waals surface area contributed by atoms with Crippen LogP contribution in [0.4, 0.5) is 5.13 Å². The van der Waals surface area contributed by atoms with Crippen LogP contribution in [0.25, 0.3) is 0 Å². The van der Waals surface area contributed by atoms with Crippen molar-refractivity contribution in [1.82, 2.24) is 15.3 Å². The minimum atomic E-state index is -0.753. The van der Waals surface area contributed by atoms with E-state index in [1.807, 2.05) is 13.8 Å². The molecular weight excluding hydrogens is 304 g/mol. The molecule has 116 valence electrons. The molecule has 0 aromatic carbocycles. The fourth-order valence-corrected chi connectivity index (χ4v) is 2.49. The highest BCUT2D eigenvalue weighted by atomic mass is 32.1. The van der Waals surface area contributed by atoms with Crippen LogP contribution in [-0.2, 0) is 16.1 Å². The molecule has 0 saturated carbocycles. The fraction of sp³-hybridized carbons (Fsp3) is 0.286. The first-order chi connectivity index (χ1) is 10.5. The summed E-state index contributed by atoms with van der Waals surface area (Å²) in [5, 5.41) is 5.41. The number of nitrogens with zero attached hydrogens (tertiary/aromatic N) is 2. The van der Waals surface area contributed by atoms with Gasteiger partial charge in [0.05, 0.1) is 12.8 Å². The minimum Gasteiger partial charge on any atom is -0.481 e. The molecule has 8 heteroatoms. The molecular formula is C14H16N4O3S. The normalized spacial score (nSPS) is 10.1. The first-order valence-corrected chi connectivity index (χ1v) is 7.34. The molecule has 7 nitrogen and oxygen atoms in total. The Hall–Kier alpha value is -2.48. The van der Waals surface area contributed by atoms with Crippen LogP contribution in [-0.4, -0.2) is 28.9 Å². The average Bonchev–Trinajstić information content (AvgIpc) is 2.82. The molecule has 2 aromatic heterocycles. The quantitative estimate of drug-likeness (QED) is 0.831. The number of carbonyl (C=O) groups excluding carboxylic acids is 2. The molecule has 2 amide bonds. The molecule has 0 saturated heterocycles. The molecule has 0 aliphatic heterocycles. The van der Waals surface area contributed by atoms with Crippen LogP contribution >= 0.6 is 11.3 Å². The van der Waals surface area contributed by atoms with Crippen LogP contribution in [0.5, 0.6) is 5.88 Å². The lowest BCUT2D eigenvalue weighted by molar-refractivity contribution is -0.136. The summed E-state index contributed by atoms with van der Waals surface area (Å²) in [7, 11) is 1.49. The van der Waals surface area contributed by atoms with E-state index in [1.54, 1.807) is 18.3 Å². The van der Waals surface area contributed by atoms with Gasteiger partial charge in [0.15, 0.2) is 5.13 Å². The molecule has 2 aromatic rings. The molecule has 22 heavy (non-hydrogen) atoms. The number of aryl methyl sites for hydroxylation is 2. The lowest BCUT2D eigenvalue weighted by Crippen LogP contribution is -2.35. The third-order valence-electron chi connectivity index (χ3n) is 2.94. The summed E-state index contributed by atoms with van der Waals surface area (Å²) in [4.78, 5) is 32.8. The molecule has 2 N–H and O–H groups in total. The van der Waals surface area contributed by atoms with Crippen molar-refractivity contribution in [3.05, 3.63) is 34.5 Å². The van der Waals surface area contributed by atoms with Gasteiger partial charge in [-0.05, 0) is 19.9 Å². The summed E-state index contributed by atoms with van der Waals surface area (Å²) in [6.45, 7) is 3.90. The molecule has 0 unspecified atom stereocenters. The summed E-state index contributed by atoms with van der Waals surface area (Å²) in [5.74, 6) is -1.08. The lowest BCUT2D eigenvalue weighted by atomic mass is 10.2. The second kappa shape index (κ2) is 6.99.